The largest absolute Gasteiger partial charge is 0.464 e. The number of esters is 1. The van der Waals surface area contributed by atoms with E-state index in [1.54, 1.807) is 0 Å². The number of ether oxygens (including phenoxy) is 1. The van der Waals surface area contributed by atoms with Crippen molar-refractivity contribution in [2.24, 2.45) is 5.92 Å². The van der Waals surface area contributed by atoms with E-state index in [2.05, 4.69) is 12.2 Å². The molecule has 1 unspecified atom stereocenters. The predicted octanol–water partition coefficient (Wildman–Crippen LogP) is 2.80. The normalized spacial score (nSPS) is 12.2. The standard InChI is InChI=1S/C17H33NO4/c1-4-5-6-7-8-10-16(20)18-15(13-14(2)3)17(21)22-12-9-11-19/h14-15,19H,4-13H2,1-3H3,(H,18,20). The number of rotatable bonds is 13. The summed E-state index contributed by atoms with van der Waals surface area (Å²) >= 11 is 0. The first-order valence-electron chi connectivity index (χ1n) is 8.58. The molecule has 0 radical (unpaired) electrons. The highest BCUT2D eigenvalue weighted by Gasteiger charge is 2.23. The van der Waals surface area contributed by atoms with Gasteiger partial charge in [0.25, 0.3) is 0 Å². The van der Waals surface area contributed by atoms with Crippen LogP contribution in [0.15, 0.2) is 0 Å². The van der Waals surface area contributed by atoms with Crippen LogP contribution >= 0.6 is 0 Å². The maximum atomic E-state index is 12.0. The second kappa shape index (κ2) is 13.6. The Bertz CT molecular complexity index is 305. The van der Waals surface area contributed by atoms with Crippen LogP contribution in [0, 0.1) is 5.92 Å². The van der Waals surface area contributed by atoms with Crippen molar-refractivity contribution in [2.45, 2.75) is 78.2 Å². The van der Waals surface area contributed by atoms with Crippen LogP contribution in [0.4, 0.5) is 0 Å². The SMILES string of the molecule is CCCCCCCC(=O)NC(CC(C)C)C(=O)OCCCO. The van der Waals surface area contributed by atoms with Crippen molar-refractivity contribution in [2.75, 3.05) is 13.2 Å². The summed E-state index contributed by atoms with van der Waals surface area (Å²) in [5.74, 6) is -0.192. The molecule has 2 N–H and O–H groups in total. The Morgan fingerprint density at radius 1 is 1.09 bits per heavy atom. The molecule has 0 rings (SSSR count). The zero-order valence-corrected chi connectivity index (χ0v) is 14.4. The topological polar surface area (TPSA) is 75.6 Å². The first kappa shape index (κ1) is 20.9. The minimum absolute atomic E-state index is 0.00769. The maximum absolute atomic E-state index is 12.0. The molecule has 1 amide bonds. The molecule has 0 aliphatic carbocycles. The number of unbranched alkanes of at least 4 members (excludes halogenated alkanes) is 4. The molecule has 0 saturated heterocycles. The quantitative estimate of drug-likeness (QED) is 0.405. The van der Waals surface area contributed by atoms with Gasteiger partial charge in [-0.1, -0.05) is 46.5 Å². The third kappa shape index (κ3) is 11.5. The molecule has 22 heavy (non-hydrogen) atoms. The Kier molecular flexibility index (Phi) is 12.9. The van der Waals surface area contributed by atoms with E-state index in [1.807, 2.05) is 13.8 Å². The smallest absolute Gasteiger partial charge is 0.328 e. The van der Waals surface area contributed by atoms with E-state index in [0.717, 1.165) is 19.3 Å². The van der Waals surface area contributed by atoms with Crippen LogP contribution < -0.4 is 5.32 Å². The van der Waals surface area contributed by atoms with E-state index in [0.29, 0.717) is 25.2 Å². The van der Waals surface area contributed by atoms with Gasteiger partial charge in [-0.15, -0.1) is 0 Å². The van der Waals surface area contributed by atoms with Crippen molar-refractivity contribution >= 4 is 11.9 Å². The van der Waals surface area contributed by atoms with Crippen LogP contribution in [0.2, 0.25) is 0 Å². The Labute approximate surface area is 134 Å². The van der Waals surface area contributed by atoms with Gasteiger partial charge in [-0.05, 0) is 18.8 Å². The fraction of sp³-hybridized carbons (Fsp3) is 0.882. The van der Waals surface area contributed by atoms with Crippen molar-refractivity contribution in [3.05, 3.63) is 0 Å². The van der Waals surface area contributed by atoms with E-state index < -0.39 is 12.0 Å². The molecular formula is C17H33NO4. The number of carbonyl (C=O) groups is 2. The first-order valence-corrected chi connectivity index (χ1v) is 8.58. The summed E-state index contributed by atoms with van der Waals surface area (Å²) in [7, 11) is 0. The van der Waals surface area contributed by atoms with Crippen LogP contribution in [0.1, 0.15) is 72.1 Å². The monoisotopic (exact) mass is 315 g/mol. The summed E-state index contributed by atoms with van der Waals surface area (Å²) in [6, 6.07) is -0.582. The summed E-state index contributed by atoms with van der Waals surface area (Å²) in [4.78, 5) is 23.9. The summed E-state index contributed by atoms with van der Waals surface area (Å²) in [5, 5.41) is 11.5. The van der Waals surface area contributed by atoms with Crippen molar-refractivity contribution in [1.82, 2.24) is 5.32 Å². The zero-order chi connectivity index (χ0) is 16.8. The van der Waals surface area contributed by atoms with Crippen molar-refractivity contribution in [3.63, 3.8) is 0 Å². The van der Waals surface area contributed by atoms with E-state index in [1.165, 1.54) is 12.8 Å². The molecular weight excluding hydrogens is 282 g/mol. The Morgan fingerprint density at radius 2 is 1.77 bits per heavy atom. The van der Waals surface area contributed by atoms with Gasteiger partial charge in [0.2, 0.25) is 5.91 Å². The highest BCUT2D eigenvalue weighted by atomic mass is 16.5. The molecule has 1 atom stereocenters. The van der Waals surface area contributed by atoms with Gasteiger partial charge < -0.3 is 15.2 Å². The van der Waals surface area contributed by atoms with Gasteiger partial charge in [0.05, 0.1) is 6.61 Å². The van der Waals surface area contributed by atoms with Gasteiger partial charge >= 0.3 is 5.97 Å². The molecule has 0 spiro atoms. The fourth-order valence-corrected chi connectivity index (χ4v) is 2.18. The Morgan fingerprint density at radius 3 is 2.36 bits per heavy atom. The molecule has 130 valence electrons. The van der Waals surface area contributed by atoms with Gasteiger partial charge in [-0.3, -0.25) is 4.79 Å². The number of amides is 1. The predicted molar refractivity (Wildman–Crippen MR) is 87.4 cm³/mol. The fourth-order valence-electron chi connectivity index (χ4n) is 2.18. The minimum Gasteiger partial charge on any atom is -0.464 e. The molecule has 0 aromatic heterocycles. The number of hydrogen-bond donors (Lipinski definition) is 2. The number of carbonyl (C=O) groups excluding carboxylic acids is 2. The first-order chi connectivity index (χ1) is 10.5. The van der Waals surface area contributed by atoms with Crippen LogP contribution in [0.5, 0.6) is 0 Å². The van der Waals surface area contributed by atoms with Gasteiger partial charge in [0.15, 0.2) is 0 Å². The van der Waals surface area contributed by atoms with E-state index >= 15 is 0 Å². The molecule has 0 aliphatic rings. The van der Waals surface area contributed by atoms with E-state index in [-0.39, 0.29) is 19.1 Å². The van der Waals surface area contributed by atoms with Crippen LogP contribution in [-0.2, 0) is 14.3 Å². The lowest BCUT2D eigenvalue weighted by molar-refractivity contribution is -0.148. The lowest BCUT2D eigenvalue weighted by atomic mass is 10.0. The molecule has 0 aromatic carbocycles. The Hall–Kier alpha value is -1.10. The molecule has 0 bridgehead atoms. The summed E-state index contributed by atoms with van der Waals surface area (Å²) in [6.45, 7) is 6.35. The highest BCUT2D eigenvalue weighted by Crippen LogP contribution is 2.09. The molecule has 0 heterocycles. The second-order valence-corrected chi connectivity index (χ2v) is 6.16. The molecule has 0 saturated carbocycles. The minimum atomic E-state index is -0.582. The van der Waals surface area contributed by atoms with Gasteiger partial charge in [-0.2, -0.15) is 0 Å². The number of nitrogens with one attached hydrogen (secondary N) is 1. The van der Waals surface area contributed by atoms with Gasteiger partial charge in [-0.25, -0.2) is 4.79 Å². The van der Waals surface area contributed by atoms with Gasteiger partial charge in [0.1, 0.15) is 6.04 Å². The molecule has 0 aliphatic heterocycles. The average Bonchev–Trinajstić information content (AvgIpc) is 2.46. The summed E-state index contributed by atoms with van der Waals surface area (Å²) in [5.41, 5.74) is 0. The van der Waals surface area contributed by atoms with Crippen molar-refractivity contribution in [1.29, 1.82) is 0 Å². The third-order valence-electron chi connectivity index (χ3n) is 3.38. The van der Waals surface area contributed by atoms with Crippen molar-refractivity contribution < 1.29 is 19.4 Å². The van der Waals surface area contributed by atoms with E-state index in [9.17, 15) is 9.59 Å². The van der Waals surface area contributed by atoms with E-state index in [4.69, 9.17) is 9.84 Å². The average molecular weight is 315 g/mol. The molecule has 0 aromatic rings. The maximum Gasteiger partial charge on any atom is 0.328 e. The Balaban J connectivity index is 4.15. The molecule has 0 fully saturated rings. The third-order valence-corrected chi connectivity index (χ3v) is 3.38. The van der Waals surface area contributed by atoms with Crippen LogP contribution in [0.25, 0.3) is 0 Å². The number of aliphatic hydroxyl groups is 1. The lowest BCUT2D eigenvalue weighted by Crippen LogP contribution is -2.42. The summed E-state index contributed by atoms with van der Waals surface area (Å²) in [6.07, 6.45) is 6.91. The molecule has 5 nitrogen and oxygen atoms in total. The molecule has 5 heteroatoms. The van der Waals surface area contributed by atoms with Crippen LogP contribution in [-0.4, -0.2) is 36.2 Å². The zero-order valence-electron chi connectivity index (χ0n) is 14.4. The van der Waals surface area contributed by atoms with Gasteiger partial charge in [0, 0.05) is 19.4 Å². The number of hydrogen-bond acceptors (Lipinski definition) is 4. The highest BCUT2D eigenvalue weighted by molar-refractivity contribution is 5.84. The summed E-state index contributed by atoms with van der Waals surface area (Å²) < 4.78 is 5.09. The van der Waals surface area contributed by atoms with Crippen LogP contribution in [0.3, 0.4) is 0 Å². The number of aliphatic hydroxyl groups excluding tert-OH is 1. The van der Waals surface area contributed by atoms with Crippen molar-refractivity contribution in [3.8, 4) is 0 Å². The second-order valence-electron chi connectivity index (χ2n) is 6.16. The lowest BCUT2D eigenvalue weighted by Gasteiger charge is -2.19.